The van der Waals surface area contributed by atoms with Crippen LogP contribution in [0.2, 0.25) is 0 Å². The lowest BCUT2D eigenvalue weighted by atomic mass is 10.3. The molecule has 0 unspecified atom stereocenters. The number of nitrogens with zero attached hydrogens (tertiary/aromatic N) is 1. The summed E-state index contributed by atoms with van der Waals surface area (Å²) in [5, 5.41) is 5.49. The Hall–Kier alpha value is -2.60. The van der Waals surface area contributed by atoms with Gasteiger partial charge in [-0.25, -0.2) is 4.79 Å². The van der Waals surface area contributed by atoms with Crippen LogP contribution in [-0.4, -0.2) is 31.3 Å². The maximum atomic E-state index is 11.8. The van der Waals surface area contributed by atoms with E-state index in [1.54, 1.807) is 37.6 Å². The van der Waals surface area contributed by atoms with Gasteiger partial charge >= 0.3 is 6.03 Å². The molecule has 0 fully saturated rings. The molecule has 6 heteroatoms. The number of rotatable bonds is 7. The highest BCUT2D eigenvalue weighted by molar-refractivity contribution is 5.89. The van der Waals surface area contributed by atoms with Crippen LogP contribution in [0.15, 0.2) is 48.7 Å². The summed E-state index contributed by atoms with van der Waals surface area (Å²) in [6, 6.07) is 12.4. The van der Waals surface area contributed by atoms with E-state index in [1.807, 2.05) is 18.2 Å². The van der Waals surface area contributed by atoms with Crippen molar-refractivity contribution in [3.8, 4) is 5.75 Å². The van der Waals surface area contributed by atoms with E-state index in [1.165, 1.54) is 0 Å². The summed E-state index contributed by atoms with van der Waals surface area (Å²) in [6.07, 6.45) is 1.69. The Morgan fingerprint density at radius 2 is 1.95 bits per heavy atom. The number of nitrogens with one attached hydrogen (secondary N) is 2. The number of hydrogen-bond acceptors (Lipinski definition) is 4. The molecule has 0 spiro atoms. The molecule has 0 saturated carbocycles. The van der Waals surface area contributed by atoms with E-state index in [-0.39, 0.29) is 6.03 Å². The van der Waals surface area contributed by atoms with E-state index in [2.05, 4.69) is 15.6 Å². The van der Waals surface area contributed by atoms with Crippen LogP contribution in [0.25, 0.3) is 0 Å². The number of carbonyl (C=O) groups excluding carboxylic acids is 1. The summed E-state index contributed by atoms with van der Waals surface area (Å²) in [6.45, 7) is 1.41. The lowest BCUT2D eigenvalue weighted by Crippen LogP contribution is -2.28. The number of ether oxygens (including phenoxy) is 2. The zero-order valence-corrected chi connectivity index (χ0v) is 12.4. The van der Waals surface area contributed by atoms with Crippen molar-refractivity contribution in [3.05, 3.63) is 54.4 Å². The smallest absolute Gasteiger partial charge is 0.319 e. The van der Waals surface area contributed by atoms with Crippen LogP contribution in [0.3, 0.4) is 0 Å². The van der Waals surface area contributed by atoms with Gasteiger partial charge in [-0.05, 0) is 36.4 Å². The van der Waals surface area contributed by atoms with Crippen LogP contribution in [0.4, 0.5) is 10.5 Å². The highest BCUT2D eigenvalue weighted by Crippen LogP contribution is 2.15. The van der Waals surface area contributed by atoms with Gasteiger partial charge in [-0.15, -0.1) is 0 Å². The minimum atomic E-state index is -0.279. The molecule has 1 heterocycles. The minimum Gasteiger partial charge on any atom is -0.491 e. The number of amides is 2. The van der Waals surface area contributed by atoms with Crippen molar-refractivity contribution in [2.75, 3.05) is 25.6 Å². The van der Waals surface area contributed by atoms with E-state index in [4.69, 9.17) is 9.47 Å². The first-order valence-electron chi connectivity index (χ1n) is 6.94. The molecular formula is C16H19N3O3. The van der Waals surface area contributed by atoms with Crippen LogP contribution in [0.5, 0.6) is 5.75 Å². The molecular weight excluding hydrogens is 282 g/mol. The summed E-state index contributed by atoms with van der Waals surface area (Å²) in [5.41, 5.74) is 1.50. The molecule has 116 valence electrons. The van der Waals surface area contributed by atoms with Gasteiger partial charge in [-0.1, -0.05) is 6.07 Å². The second-order valence-corrected chi connectivity index (χ2v) is 4.49. The average Bonchev–Trinajstić information content (AvgIpc) is 2.56. The third-order valence-electron chi connectivity index (χ3n) is 2.82. The van der Waals surface area contributed by atoms with Crippen molar-refractivity contribution in [1.82, 2.24) is 10.3 Å². The molecule has 1 aromatic carbocycles. The van der Waals surface area contributed by atoms with Gasteiger partial charge in [-0.2, -0.15) is 0 Å². The van der Waals surface area contributed by atoms with Gasteiger partial charge < -0.3 is 20.1 Å². The normalized spacial score (nSPS) is 10.0. The third kappa shape index (κ3) is 5.41. The molecule has 2 aromatic rings. The molecule has 0 aliphatic heterocycles. The van der Waals surface area contributed by atoms with Crippen molar-refractivity contribution in [2.24, 2.45) is 0 Å². The number of carbonyl (C=O) groups is 1. The zero-order chi connectivity index (χ0) is 15.6. The van der Waals surface area contributed by atoms with Gasteiger partial charge in [0.05, 0.1) is 18.8 Å². The van der Waals surface area contributed by atoms with Crippen LogP contribution in [-0.2, 0) is 11.3 Å². The van der Waals surface area contributed by atoms with Gasteiger partial charge in [0.15, 0.2) is 0 Å². The van der Waals surface area contributed by atoms with E-state index >= 15 is 0 Å². The predicted molar refractivity (Wildman–Crippen MR) is 83.9 cm³/mol. The van der Waals surface area contributed by atoms with Gasteiger partial charge in [0, 0.05) is 19.0 Å². The predicted octanol–water partition coefficient (Wildman–Crippen LogP) is 2.43. The van der Waals surface area contributed by atoms with Gasteiger partial charge in [-0.3, -0.25) is 4.98 Å². The quantitative estimate of drug-likeness (QED) is 0.770. The number of aromatic nitrogens is 1. The molecule has 0 atom stereocenters. The lowest BCUT2D eigenvalue weighted by molar-refractivity contribution is 0.146. The van der Waals surface area contributed by atoms with E-state index in [0.29, 0.717) is 25.4 Å². The summed E-state index contributed by atoms with van der Waals surface area (Å²) < 4.78 is 10.4. The second kappa shape index (κ2) is 8.63. The fourth-order valence-electron chi connectivity index (χ4n) is 1.73. The SMILES string of the molecule is COCCOc1ccc(NC(=O)NCc2ccccn2)cc1. The fraction of sp³-hybridized carbons (Fsp3) is 0.250. The maximum Gasteiger partial charge on any atom is 0.319 e. The molecule has 0 aliphatic rings. The number of pyridine rings is 1. The number of hydrogen-bond donors (Lipinski definition) is 2. The Labute approximate surface area is 129 Å². The minimum absolute atomic E-state index is 0.279. The van der Waals surface area contributed by atoms with Crippen LogP contribution >= 0.6 is 0 Å². The zero-order valence-electron chi connectivity index (χ0n) is 12.4. The second-order valence-electron chi connectivity index (χ2n) is 4.49. The van der Waals surface area contributed by atoms with Crippen molar-refractivity contribution in [1.29, 1.82) is 0 Å². The summed E-state index contributed by atoms with van der Waals surface area (Å²) in [7, 11) is 1.62. The van der Waals surface area contributed by atoms with Crippen LogP contribution in [0, 0.1) is 0 Å². The molecule has 6 nitrogen and oxygen atoms in total. The van der Waals surface area contributed by atoms with Crippen molar-refractivity contribution >= 4 is 11.7 Å². The molecule has 2 amide bonds. The Balaban J connectivity index is 1.76. The molecule has 0 bridgehead atoms. The Morgan fingerprint density at radius 1 is 1.14 bits per heavy atom. The first-order valence-corrected chi connectivity index (χ1v) is 6.94. The highest BCUT2D eigenvalue weighted by atomic mass is 16.5. The Kier molecular flexibility index (Phi) is 6.19. The van der Waals surface area contributed by atoms with E-state index < -0.39 is 0 Å². The molecule has 1 aromatic heterocycles. The number of anilines is 1. The number of urea groups is 1. The van der Waals surface area contributed by atoms with Crippen molar-refractivity contribution in [3.63, 3.8) is 0 Å². The van der Waals surface area contributed by atoms with E-state index in [9.17, 15) is 4.79 Å². The third-order valence-corrected chi connectivity index (χ3v) is 2.82. The van der Waals surface area contributed by atoms with Gasteiger partial charge in [0.25, 0.3) is 0 Å². The standard InChI is InChI=1S/C16H19N3O3/c1-21-10-11-22-15-7-5-13(6-8-15)19-16(20)18-12-14-4-2-3-9-17-14/h2-9H,10-12H2,1H3,(H2,18,19,20). The summed E-state index contributed by atoms with van der Waals surface area (Å²) in [5.74, 6) is 0.733. The Morgan fingerprint density at radius 3 is 2.64 bits per heavy atom. The van der Waals surface area contributed by atoms with Crippen molar-refractivity contribution in [2.45, 2.75) is 6.54 Å². The summed E-state index contributed by atoms with van der Waals surface area (Å²) >= 11 is 0. The topological polar surface area (TPSA) is 72.5 Å². The average molecular weight is 301 g/mol. The Bertz CT molecular complexity index is 573. The first kappa shape index (κ1) is 15.8. The molecule has 22 heavy (non-hydrogen) atoms. The molecule has 0 radical (unpaired) electrons. The van der Waals surface area contributed by atoms with Gasteiger partial charge in [0.2, 0.25) is 0 Å². The van der Waals surface area contributed by atoms with Gasteiger partial charge in [0.1, 0.15) is 12.4 Å². The van der Waals surface area contributed by atoms with Crippen LogP contribution < -0.4 is 15.4 Å². The maximum absolute atomic E-state index is 11.8. The largest absolute Gasteiger partial charge is 0.491 e. The van der Waals surface area contributed by atoms with E-state index in [0.717, 1.165) is 11.4 Å². The lowest BCUT2D eigenvalue weighted by Gasteiger charge is -2.09. The molecule has 0 aliphatic carbocycles. The fourth-order valence-corrected chi connectivity index (χ4v) is 1.73. The highest BCUT2D eigenvalue weighted by Gasteiger charge is 2.02. The number of benzene rings is 1. The first-order chi connectivity index (χ1) is 10.8. The summed E-state index contributed by atoms with van der Waals surface area (Å²) in [4.78, 5) is 15.9. The molecule has 0 saturated heterocycles. The molecule has 2 N–H and O–H groups in total. The van der Waals surface area contributed by atoms with Crippen LogP contribution in [0.1, 0.15) is 5.69 Å². The number of methoxy groups -OCH3 is 1. The monoisotopic (exact) mass is 301 g/mol. The molecule has 2 rings (SSSR count). The van der Waals surface area contributed by atoms with Crippen molar-refractivity contribution < 1.29 is 14.3 Å².